The Balaban J connectivity index is 1.78. The third-order valence-corrected chi connectivity index (χ3v) is 4.81. The van der Waals surface area contributed by atoms with Crippen LogP contribution in [0.4, 0.5) is 5.69 Å². The van der Waals surface area contributed by atoms with Crippen LogP contribution in [-0.4, -0.2) is 21.3 Å². The lowest BCUT2D eigenvalue weighted by Crippen LogP contribution is -2.09. The van der Waals surface area contributed by atoms with E-state index in [1.54, 1.807) is 21.3 Å². The maximum atomic E-state index is 5.48. The van der Waals surface area contributed by atoms with Gasteiger partial charge in [-0.15, -0.1) is 0 Å². The summed E-state index contributed by atoms with van der Waals surface area (Å²) in [5, 5.41) is 3.64. The molecule has 0 saturated heterocycles. The minimum absolute atomic E-state index is 0.0743. The van der Waals surface area contributed by atoms with Crippen LogP contribution in [0.1, 0.15) is 17.2 Å². The molecule has 0 bridgehead atoms. The van der Waals surface area contributed by atoms with Crippen LogP contribution in [-0.2, 0) is 0 Å². The van der Waals surface area contributed by atoms with Gasteiger partial charge in [0.25, 0.3) is 0 Å². The van der Waals surface area contributed by atoms with Crippen molar-refractivity contribution in [3.63, 3.8) is 0 Å². The van der Waals surface area contributed by atoms with Crippen molar-refractivity contribution >= 4 is 5.69 Å². The summed E-state index contributed by atoms with van der Waals surface area (Å²) >= 11 is 0. The van der Waals surface area contributed by atoms with E-state index < -0.39 is 0 Å². The summed E-state index contributed by atoms with van der Waals surface area (Å²) in [5.41, 5.74) is 5.99. The number of hydrogen-bond acceptors (Lipinski definition) is 4. The zero-order valence-corrected chi connectivity index (χ0v) is 15.1. The number of ether oxygens (including phenoxy) is 3. The van der Waals surface area contributed by atoms with Gasteiger partial charge in [-0.1, -0.05) is 48.5 Å². The highest BCUT2D eigenvalue weighted by molar-refractivity contribution is 5.80. The zero-order chi connectivity index (χ0) is 18.1. The molecule has 0 radical (unpaired) electrons. The summed E-state index contributed by atoms with van der Waals surface area (Å²) in [7, 11) is 4.86. The molecule has 0 amide bonds. The van der Waals surface area contributed by atoms with Crippen molar-refractivity contribution in [1.82, 2.24) is 0 Å². The Morgan fingerprint density at radius 2 is 1.19 bits per heavy atom. The van der Waals surface area contributed by atoms with Crippen LogP contribution in [0.5, 0.6) is 17.2 Å². The van der Waals surface area contributed by atoms with Gasteiger partial charge in [0.1, 0.15) is 0 Å². The largest absolute Gasteiger partial charge is 0.493 e. The highest BCUT2D eigenvalue weighted by atomic mass is 16.5. The molecule has 0 spiro atoms. The Labute approximate surface area is 153 Å². The van der Waals surface area contributed by atoms with Crippen molar-refractivity contribution in [1.29, 1.82) is 0 Å². The molecule has 4 rings (SSSR count). The highest BCUT2D eigenvalue weighted by Gasteiger charge is 2.28. The van der Waals surface area contributed by atoms with E-state index >= 15 is 0 Å². The molecule has 3 aromatic rings. The molecule has 132 valence electrons. The predicted molar refractivity (Wildman–Crippen MR) is 103 cm³/mol. The lowest BCUT2D eigenvalue weighted by molar-refractivity contribution is 0.324. The van der Waals surface area contributed by atoms with E-state index in [9.17, 15) is 0 Å². The van der Waals surface area contributed by atoms with E-state index in [2.05, 4.69) is 53.8 Å². The van der Waals surface area contributed by atoms with Gasteiger partial charge in [0, 0.05) is 17.8 Å². The number of rotatable bonds is 5. The smallest absolute Gasteiger partial charge is 0.203 e. The second kappa shape index (κ2) is 6.64. The van der Waals surface area contributed by atoms with Crippen LogP contribution in [0.3, 0.4) is 0 Å². The van der Waals surface area contributed by atoms with Crippen LogP contribution < -0.4 is 19.5 Å². The van der Waals surface area contributed by atoms with Crippen LogP contribution >= 0.6 is 0 Å². The van der Waals surface area contributed by atoms with Gasteiger partial charge in [-0.2, -0.15) is 0 Å². The Kier molecular flexibility index (Phi) is 4.17. The van der Waals surface area contributed by atoms with Crippen molar-refractivity contribution in [3.05, 3.63) is 71.8 Å². The molecule has 3 aromatic carbocycles. The standard InChI is InChI=1S/C22H21NO3/c1-24-19-12-14(13-20(25-2)22(19)26-3)23-21-17-10-6-4-8-15(17)16-9-5-7-11-18(16)21/h4-13,21,23H,1-3H3. The van der Waals surface area contributed by atoms with E-state index in [1.165, 1.54) is 22.3 Å². The number of benzene rings is 3. The Hall–Kier alpha value is -3.14. The average Bonchev–Trinajstić information content (AvgIpc) is 3.01. The molecule has 0 aromatic heterocycles. The Morgan fingerprint density at radius 3 is 1.65 bits per heavy atom. The van der Waals surface area contributed by atoms with Gasteiger partial charge in [-0.05, 0) is 22.3 Å². The van der Waals surface area contributed by atoms with Gasteiger partial charge in [-0.3, -0.25) is 0 Å². The molecule has 26 heavy (non-hydrogen) atoms. The van der Waals surface area contributed by atoms with Crippen LogP contribution in [0, 0.1) is 0 Å². The van der Waals surface area contributed by atoms with Gasteiger partial charge in [0.2, 0.25) is 5.75 Å². The Morgan fingerprint density at radius 1 is 0.692 bits per heavy atom. The molecule has 0 aliphatic heterocycles. The van der Waals surface area contributed by atoms with Crippen molar-refractivity contribution < 1.29 is 14.2 Å². The zero-order valence-electron chi connectivity index (χ0n) is 15.1. The lowest BCUT2D eigenvalue weighted by atomic mass is 10.0. The van der Waals surface area contributed by atoms with Crippen molar-refractivity contribution in [2.75, 3.05) is 26.6 Å². The molecule has 1 N–H and O–H groups in total. The molecule has 1 aliphatic carbocycles. The average molecular weight is 347 g/mol. The number of methoxy groups -OCH3 is 3. The van der Waals surface area contributed by atoms with E-state index in [0.29, 0.717) is 17.2 Å². The van der Waals surface area contributed by atoms with Crippen LogP contribution in [0.15, 0.2) is 60.7 Å². The molecule has 4 heteroatoms. The Bertz CT molecular complexity index is 881. The van der Waals surface area contributed by atoms with Gasteiger partial charge in [0.15, 0.2) is 11.5 Å². The van der Waals surface area contributed by atoms with Crippen molar-refractivity contribution in [3.8, 4) is 28.4 Å². The fraction of sp³-hybridized carbons (Fsp3) is 0.182. The molecule has 4 nitrogen and oxygen atoms in total. The fourth-order valence-corrected chi connectivity index (χ4v) is 3.64. The minimum Gasteiger partial charge on any atom is -0.493 e. The fourth-order valence-electron chi connectivity index (χ4n) is 3.64. The molecule has 0 unspecified atom stereocenters. The minimum atomic E-state index is 0.0743. The normalized spacial score (nSPS) is 12.3. The summed E-state index contributed by atoms with van der Waals surface area (Å²) in [4.78, 5) is 0. The first-order chi connectivity index (χ1) is 12.8. The summed E-state index contributed by atoms with van der Waals surface area (Å²) in [5.74, 6) is 1.86. The van der Waals surface area contributed by atoms with E-state index in [4.69, 9.17) is 14.2 Å². The number of fused-ring (bicyclic) bond motifs is 3. The van der Waals surface area contributed by atoms with Gasteiger partial charge < -0.3 is 19.5 Å². The van der Waals surface area contributed by atoms with Crippen molar-refractivity contribution in [2.45, 2.75) is 6.04 Å². The lowest BCUT2D eigenvalue weighted by Gasteiger charge is -2.20. The second-order valence-electron chi connectivity index (χ2n) is 6.17. The first-order valence-electron chi connectivity index (χ1n) is 8.51. The molecular weight excluding hydrogens is 326 g/mol. The summed E-state index contributed by atoms with van der Waals surface area (Å²) < 4.78 is 16.4. The predicted octanol–water partition coefficient (Wildman–Crippen LogP) is 4.89. The SMILES string of the molecule is COc1cc(NC2c3ccccc3-c3ccccc32)cc(OC)c1OC. The maximum absolute atomic E-state index is 5.48. The molecule has 1 aliphatic rings. The monoisotopic (exact) mass is 347 g/mol. The topological polar surface area (TPSA) is 39.7 Å². The first-order valence-corrected chi connectivity index (χ1v) is 8.51. The number of hydrogen-bond donors (Lipinski definition) is 1. The molecular formula is C22H21NO3. The van der Waals surface area contributed by atoms with Crippen LogP contribution in [0.25, 0.3) is 11.1 Å². The highest BCUT2D eigenvalue weighted by Crippen LogP contribution is 2.46. The van der Waals surface area contributed by atoms with E-state index in [0.717, 1.165) is 5.69 Å². The molecule has 0 fully saturated rings. The van der Waals surface area contributed by atoms with E-state index in [-0.39, 0.29) is 6.04 Å². The molecule has 0 heterocycles. The van der Waals surface area contributed by atoms with Gasteiger partial charge in [0.05, 0.1) is 27.4 Å². The van der Waals surface area contributed by atoms with Gasteiger partial charge in [-0.25, -0.2) is 0 Å². The maximum Gasteiger partial charge on any atom is 0.203 e. The molecule has 0 atom stereocenters. The number of nitrogens with one attached hydrogen (secondary N) is 1. The summed E-state index contributed by atoms with van der Waals surface area (Å²) in [6, 6.07) is 20.9. The van der Waals surface area contributed by atoms with Gasteiger partial charge >= 0.3 is 0 Å². The molecule has 0 saturated carbocycles. The summed E-state index contributed by atoms with van der Waals surface area (Å²) in [6.07, 6.45) is 0. The van der Waals surface area contributed by atoms with E-state index in [1.807, 2.05) is 12.1 Å². The summed E-state index contributed by atoms with van der Waals surface area (Å²) in [6.45, 7) is 0. The quantitative estimate of drug-likeness (QED) is 0.713. The van der Waals surface area contributed by atoms with Crippen LogP contribution in [0.2, 0.25) is 0 Å². The third-order valence-electron chi connectivity index (χ3n) is 4.81. The first kappa shape index (κ1) is 16.3. The number of anilines is 1. The van der Waals surface area contributed by atoms with Crippen molar-refractivity contribution in [2.24, 2.45) is 0 Å². The second-order valence-corrected chi connectivity index (χ2v) is 6.17. The third kappa shape index (κ3) is 2.54.